The summed E-state index contributed by atoms with van der Waals surface area (Å²) >= 11 is 5.98. The Morgan fingerprint density at radius 1 is 0.615 bits per heavy atom. The van der Waals surface area contributed by atoms with E-state index >= 15 is 14.4 Å². The van der Waals surface area contributed by atoms with Crippen molar-refractivity contribution < 1.29 is 37.0 Å². The van der Waals surface area contributed by atoms with Crippen LogP contribution in [0.15, 0.2) is 127 Å². The molecule has 0 unspecified atom stereocenters. The zero-order valence-corrected chi connectivity index (χ0v) is 28.5. The van der Waals surface area contributed by atoms with E-state index in [0.717, 1.165) is 17.0 Å². The largest absolute Gasteiger partial charge is 0.497 e. The van der Waals surface area contributed by atoms with Gasteiger partial charge in [0.2, 0.25) is 11.8 Å². The number of Topliss-reactive ketones (excluding diaryl/α,β-unsaturated/α-hetero) is 1. The second kappa shape index (κ2) is 12.0. The predicted octanol–water partition coefficient (Wildman–Crippen LogP) is 8.56. The van der Waals surface area contributed by atoms with Crippen molar-refractivity contribution in [1.29, 1.82) is 0 Å². The highest BCUT2D eigenvalue weighted by Gasteiger charge is 2.82. The molecule has 1 heterocycles. The van der Waals surface area contributed by atoms with E-state index in [1.54, 1.807) is 84.9 Å². The number of anilines is 1. The maximum atomic E-state index is 16.0. The van der Waals surface area contributed by atoms with Crippen LogP contribution in [0.5, 0.6) is 11.5 Å². The lowest BCUT2D eigenvalue weighted by Gasteiger charge is -2.39. The van der Waals surface area contributed by atoms with Crippen LogP contribution in [-0.2, 0) is 31.4 Å². The number of carbonyl (C=O) groups is 3. The van der Waals surface area contributed by atoms with Crippen LogP contribution in [0.1, 0.15) is 27.8 Å². The van der Waals surface area contributed by atoms with E-state index in [1.165, 1.54) is 20.3 Å². The summed E-state index contributed by atoms with van der Waals surface area (Å²) in [7, 11) is 3.08. The first-order valence-electron chi connectivity index (χ1n) is 16.5. The van der Waals surface area contributed by atoms with E-state index in [1.807, 2.05) is 24.3 Å². The molecule has 0 aromatic heterocycles. The minimum atomic E-state index is -4.86. The first-order chi connectivity index (χ1) is 25.0. The Hall–Kier alpha value is -5.67. The molecular weight excluding hydrogens is 691 g/mol. The Morgan fingerprint density at radius 3 is 1.42 bits per heavy atom. The van der Waals surface area contributed by atoms with Gasteiger partial charge in [-0.15, -0.1) is 0 Å². The van der Waals surface area contributed by atoms with Crippen LogP contribution >= 0.6 is 11.6 Å². The highest BCUT2D eigenvalue weighted by molar-refractivity contribution is 6.39. The van der Waals surface area contributed by atoms with Crippen molar-refractivity contribution in [3.8, 4) is 11.5 Å². The van der Waals surface area contributed by atoms with Crippen molar-refractivity contribution >= 4 is 46.0 Å². The molecule has 3 aliphatic rings. The summed E-state index contributed by atoms with van der Waals surface area (Å²) in [4.78, 5) is 47.1. The fraction of sp³-hybridized carbons (Fsp3) is 0.167. The van der Waals surface area contributed by atoms with Crippen LogP contribution in [0, 0.1) is 11.8 Å². The highest BCUT2D eigenvalue weighted by Crippen LogP contribution is 2.74. The maximum Gasteiger partial charge on any atom is 0.417 e. The number of hydrogen-bond acceptors (Lipinski definition) is 5. The standard InChI is InChI=1S/C42H29ClF3NO5/c1-51-29-18-13-24(14-19-29)33-34(25-15-20-30(52-2)21-16-25)41(27-11-7-4-8-12-27)36-35(40(33,39(41)50)26-9-5-3-6-10-26)37(48)47(38(36)49)28-17-22-32(43)31(23-28)42(44,45)46/h3-23,35-36H,1-2H3/t35-,36+,40-,41+. The molecule has 5 aromatic carbocycles. The summed E-state index contributed by atoms with van der Waals surface area (Å²) in [5.41, 5.74) is -1.71. The molecule has 0 N–H and O–H groups in total. The van der Waals surface area contributed by atoms with Crippen molar-refractivity contribution in [2.24, 2.45) is 11.8 Å². The normalized spacial score (nSPS) is 23.7. The Balaban J connectivity index is 1.51. The SMILES string of the molecule is COc1ccc(C2=C(c3ccc(OC)cc3)[C@@]3(c4ccccc4)C(=O)[C@]2(c2ccccc2)[C@@H]2C(=O)N(c4ccc(Cl)c(C(F)(F)F)c4)C(=O)[C@@H]23)cc1. The lowest BCUT2D eigenvalue weighted by atomic mass is 9.59. The molecule has 6 nitrogen and oxygen atoms in total. The number of ketones is 1. The summed E-state index contributed by atoms with van der Waals surface area (Å²) in [6.07, 6.45) is -4.86. The number of carbonyl (C=O) groups excluding carboxylic acids is 3. The number of fused-ring (bicyclic) bond motifs is 5. The lowest BCUT2D eigenvalue weighted by molar-refractivity contribution is -0.137. The molecule has 2 amide bonds. The number of methoxy groups -OCH3 is 2. The van der Waals surface area contributed by atoms with Crippen molar-refractivity contribution in [2.75, 3.05) is 19.1 Å². The second-order valence-electron chi connectivity index (χ2n) is 13.0. The number of ether oxygens (including phenoxy) is 2. The van der Waals surface area contributed by atoms with Crippen LogP contribution in [0.3, 0.4) is 0 Å². The second-order valence-corrected chi connectivity index (χ2v) is 13.4. The zero-order chi connectivity index (χ0) is 36.6. The maximum absolute atomic E-state index is 16.0. The number of rotatable bonds is 7. The first-order valence-corrected chi connectivity index (χ1v) is 16.8. The number of halogens is 4. The van der Waals surface area contributed by atoms with Crippen LogP contribution in [0.2, 0.25) is 5.02 Å². The average molecular weight is 720 g/mol. The molecule has 52 heavy (non-hydrogen) atoms. The van der Waals surface area contributed by atoms with Crippen molar-refractivity contribution in [1.82, 2.24) is 0 Å². The molecule has 1 saturated carbocycles. The number of allylic oxidation sites excluding steroid dienone is 2. The molecule has 1 aliphatic heterocycles. The molecule has 2 fully saturated rings. The number of amides is 2. The van der Waals surface area contributed by atoms with Gasteiger partial charge in [-0.25, -0.2) is 4.90 Å². The third kappa shape index (κ3) is 4.41. The number of hydrogen-bond donors (Lipinski definition) is 0. The molecule has 10 heteroatoms. The molecule has 2 aliphatic carbocycles. The molecular formula is C42H29ClF3NO5. The molecule has 2 bridgehead atoms. The Bertz CT molecular complexity index is 2160. The fourth-order valence-electron chi connectivity index (χ4n) is 8.76. The number of benzene rings is 5. The molecule has 4 atom stereocenters. The fourth-order valence-corrected chi connectivity index (χ4v) is 8.99. The Morgan fingerprint density at radius 2 is 1.04 bits per heavy atom. The molecule has 5 aromatic rings. The quantitative estimate of drug-likeness (QED) is 0.158. The van der Waals surface area contributed by atoms with E-state index in [9.17, 15) is 13.2 Å². The smallest absolute Gasteiger partial charge is 0.417 e. The zero-order valence-electron chi connectivity index (χ0n) is 27.8. The first kappa shape index (κ1) is 33.5. The molecule has 260 valence electrons. The van der Waals surface area contributed by atoms with Gasteiger partial charge in [0, 0.05) is 0 Å². The van der Waals surface area contributed by atoms with Crippen LogP contribution in [0.4, 0.5) is 18.9 Å². The molecule has 1 saturated heterocycles. The van der Waals surface area contributed by atoms with Gasteiger partial charge in [-0.2, -0.15) is 13.2 Å². The van der Waals surface area contributed by atoms with Crippen molar-refractivity contribution in [3.05, 3.63) is 160 Å². The third-order valence-corrected chi connectivity index (χ3v) is 11.1. The van der Waals surface area contributed by atoms with Gasteiger partial charge in [0.1, 0.15) is 11.5 Å². The molecule has 8 rings (SSSR count). The van der Waals surface area contributed by atoms with Crippen molar-refractivity contribution in [2.45, 2.75) is 17.0 Å². The molecule has 0 spiro atoms. The summed E-state index contributed by atoms with van der Waals surface area (Å²) in [6, 6.07) is 35.0. The summed E-state index contributed by atoms with van der Waals surface area (Å²) < 4.78 is 53.3. The number of imide groups is 1. The molecule has 0 radical (unpaired) electrons. The summed E-state index contributed by atoms with van der Waals surface area (Å²) in [5.74, 6) is -3.43. The van der Waals surface area contributed by atoms with E-state index in [2.05, 4.69) is 0 Å². The van der Waals surface area contributed by atoms with Crippen LogP contribution in [0.25, 0.3) is 11.1 Å². The van der Waals surface area contributed by atoms with Crippen molar-refractivity contribution in [3.63, 3.8) is 0 Å². The van der Waals surface area contributed by atoms with Gasteiger partial charge in [0.05, 0.1) is 53.2 Å². The monoisotopic (exact) mass is 719 g/mol. The van der Waals surface area contributed by atoms with Gasteiger partial charge in [-0.1, -0.05) is 96.5 Å². The minimum absolute atomic E-state index is 0.281. The van der Waals surface area contributed by atoms with Gasteiger partial charge in [-0.05, 0) is 75.9 Å². The third-order valence-electron chi connectivity index (χ3n) is 10.7. The van der Waals surface area contributed by atoms with E-state index < -0.39 is 51.2 Å². The number of nitrogens with zero attached hydrogens (tertiary/aromatic N) is 1. The minimum Gasteiger partial charge on any atom is -0.497 e. The van der Waals surface area contributed by atoms with Gasteiger partial charge < -0.3 is 9.47 Å². The van der Waals surface area contributed by atoms with Crippen LogP contribution < -0.4 is 14.4 Å². The Labute approximate surface area is 302 Å². The van der Waals surface area contributed by atoms with Gasteiger partial charge in [0.15, 0.2) is 5.78 Å². The van der Waals surface area contributed by atoms with Gasteiger partial charge in [-0.3, -0.25) is 14.4 Å². The van der Waals surface area contributed by atoms with Crippen LogP contribution in [-0.4, -0.2) is 31.8 Å². The summed E-state index contributed by atoms with van der Waals surface area (Å²) in [5, 5.41) is -0.572. The summed E-state index contributed by atoms with van der Waals surface area (Å²) in [6.45, 7) is 0. The predicted molar refractivity (Wildman–Crippen MR) is 190 cm³/mol. The van der Waals surface area contributed by atoms with E-state index in [4.69, 9.17) is 21.1 Å². The lowest BCUT2D eigenvalue weighted by Crippen LogP contribution is -2.45. The van der Waals surface area contributed by atoms with E-state index in [-0.39, 0.29) is 11.5 Å². The van der Waals surface area contributed by atoms with Gasteiger partial charge >= 0.3 is 6.18 Å². The average Bonchev–Trinajstić information content (AvgIpc) is 3.67. The topological polar surface area (TPSA) is 72.9 Å². The van der Waals surface area contributed by atoms with Gasteiger partial charge in [0.25, 0.3) is 0 Å². The van der Waals surface area contributed by atoms with E-state index in [0.29, 0.717) is 44.9 Å². The number of alkyl halides is 3. The Kier molecular flexibility index (Phi) is 7.69. The highest BCUT2D eigenvalue weighted by atomic mass is 35.5.